The van der Waals surface area contributed by atoms with E-state index in [-0.39, 0.29) is 6.09 Å². The van der Waals surface area contributed by atoms with Crippen molar-refractivity contribution in [2.24, 2.45) is 0 Å². The number of pyridine rings is 2. The summed E-state index contributed by atoms with van der Waals surface area (Å²) in [5.41, 5.74) is 3.99. The zero-order chi connectivity index (χ0) is 24.7. The van der Waals surface area contributed by atoms with E-state index in [4.69, 9.17) is 9.72 Å². The monoisotopic (exact) mass is 485 g/mol. The molecule has 8 nitrogen and oxygen atoms in total. The number of Topliss-reactive ketones (excluding diaryl/α,β-unsaturated/α-hetero) is 1. The lowest BCUT2D eigenvalue weighted by Gasteiger charge is -2.34. The third-order valence-corrected chi connectivity index (χ3v) is 6.75. The number of carbonyl (C=O) groups is 2. The molecule has 0 spiro atoms. The largest absolute Gasteiger partial charge is 0.445 e. The molecule has 0 radical (unpaired) electrons. The van der Waals surface area contributed by atoms with Gasteiger partial charge in [-0.15, -0.1) is 0 Å². The fraction of sp³-hybridized carbons (Fsp3) is 0.357. The van der Waals surface area contributed by atoms with Crippen LogP contribution in [-0.2, 0) is 22.7 Å². The summed E-state index contributed by atoms with van der Waals surface area (Å²) in [5, 5.41) is 0. The van der Waals surface area contributed by atoms with E-state index in [2.05, 4.69) is 20.9 Å². The van der Waals surface area contributed by atoms with Crippen LogP contribution >= 0.6 is 0 Å². The van der Waals surface area contributed by atoms with Crippen LogP contribution in [0.15, 0.2) is 67.0 Å². The Morgan fingerprint density at radius 2 is 1.61 bits per heavy atom. The van der Waals surface area contributed by atoms with Crippen LogP contribution in [0.25, 0.3) is 11.3 Å². The highest BCUT2D eigenvalue weighted by Gasteiger charge is 2.23. The Labute approximate surface area is 211 Å². The summed E-state index contributed by atoms with van der Waals surface area (Å²) in [6.45, 7) is 5.37. The Morgan fingerprint density at radius 3 is 2.33 bits per heavy atom. The molecule has 0 bridgehead atoms. The highest BCUT2D eigenvalue weighted by Crippen LogP contribution is 2.29. The summed E-state index contributed by atoms with van der Waals surface area (Å²) in [4.78, 5) is 39.7. The molecule has 1 amide bonds. The van der Waals surface area contributed by atoms with Crippen molar-refractivity contribution in [1.29, 1.82) is 0 Å². The minimum absolute atomic E-state index is 0.255. The number of hydrogen-bond acceptors (Lipinski definition) is 7. The van der Waals surface area contributed by atoms with Gasteiger partial charge in [0.05, 0.1) is 5.69 Å². The van der Waals surface area contributed by atoms with Gasteiger partial charge in [0.1, 0.15) is 18.2 Å². The van der Waals surface area contributed by atoms with Crippen LogP contribution in [-0.4, -0.2) is 70.9 Å². The summed E-state index contributed by atoms with van der Waals surface area (Å²) < 4.78 is 5.47. The van der Waals surface area contributed by atoms with Gasteiger partial charge in [-0.05, 0) is 29.3 Å². The van der Waals surface area contributed by atoms with Crippen molar-refractivity contribution in [2.45, 2.75) is 26.0 Å². The zero-order valence-electron chi connectivity index (χ0n) is 20.4. The van der Waals surface area contributed by atoms with Crippen molar-refractivity contribution in [1.82, 2.24) is 19.8 Å². The van der Waals surface area contributed by atoms with Gasteiger partial charge in [-0.2, -0.15) is 0 Å². The number of amides is 1. The zero-order valence-corrected chi connectivity index (χ0v) is 20.4. The molecule has 2 aliphatic rings. The number of piperazine rings is 1. The fourth-order valence-corrected chi connectivity index (χ4v) is 4.65. The molecule has 2 saturated heterocycles. The second kappa shape index (κ2) is 11.3. The summed E-state index contributed by atoms with van der Waals surface area (Å²) in [6.07, 6.45) is 4.60. The maximum Gasteiger partial charge on any atom is 0.410 e. The van der Waals surface area contributed by atoms with E-state index in [1.54, 1.807) is 11.1 Å². The number of nitrogens with zero attached hydrogens (tertiary/aromatic N) is 5. The lowest BCUT2D eigenvalue weighted by molar-refractivity contribution is -0.119. The number of ether oxygens (including phenoxy) is 1. The standard InChI is InChI=1S/C28H31N5O3/c34-24-10-13-32(14-11-24)27-25(7-4-12-29-27)26-9-8-23(19-30-26)20-31-15-17-33(18-16-31)28(35)36-21-22-5-2-1-3-6-22/h1-9,12,19H,10-11,13-18,20-21H2. The predicted molar refractivity (Wildman–Crippen MR) is 137 cm³/mol. The van der Waals surface area contributed by atoms with E-state index in [0.717, 1.165) is 47.8 Å². The van der Waals surface area contributed by atoms with Gasteiger partial charge in [-0.25, -0.2) is 9.78 Å². The molecular formula is C28H31N5O3. The number of ketones is 1. The summed E-state index contributed by atoms with van der Waals surface area (Å²) in [7, 11) is 0. The molecule has 0 atom stereocenters. The van der Waals surface area contributed by atoms with Crippen LogP contribution in [0.1, 0.15) is 24.0 Å². The second-order valence-corrected chi connectivity index (χ2v) is 9.26. The van der Waals surface area contributed by atoms with E-state index >= 15 is 0 Å². The Kier molecular flexibility index (Phi) is 7.52. The lowest BCUT2D eigenvalue weighted by atomic mass is 10.1. The van der Waals surface area contributed by atoms with Crippen LogP contribution < -0.4 is 4.90 Å². The third kappa shape index (κ3) is 5.88. The van der Waals surface area contributed by atoms with Gasteiger partial charge in [0.15, 0.2) is 0 Å². The number of rotatable bonds is 6. The molecule has 3 aromatic rings. The first kappa shape index (κ1) is 23.9. The number of anilines is 1. The van der Waals surface area contributed by atoms with E-state index < -0.39 is 0 Å². The third-order valence-electron chi connectivity index (χ3n) is 6.75. The topological polar surface area (TPSA) is 78.9 Å². The molecule has 0 aliphatic carbocycles. The minimum Gasteiger partial charge on any atom is -0.445 e. The van der Waals surface area contributed by atoms with Gasteiger partial charge < -0.3 is 14.5 Å². The summed E-state index contributed by atoms with van der Waals surface area (Å²) in [6, 6.07) is 17.9. The molecule has 4 heterocycles. The lowest BCUT2D eigenvalue weighted by Crippen LogP contribution is -2.48. The first-order chi connectivity index (χ1) is 17.7. The van der Waals surface area contributed by atoms with Crippen molar-refractivity contribution in [3.8, 4) is 11.3 Å². The first-order valence-electron chi connectivity index (χ1n) is 12.5. The fourth-order valence-electron chi connectivity index (χ4n) is 4.65. The van der Waals surface area contributed by atoms with Crippen molar-refractivity contribution in [3.05, 3.63) is 78.1 Å². The number of benzene rings is 1. The van der Waals surface area contributed by atoms with Gasteiger partial charge in [0.2, 0.25) is 0 Å². The van der Waals surface area contributed by atoms with Crippen LogP contribution in [0.2, 0.25) is 0 Å². The van der Waals surface area contributed by atoms with E-state index in [1.165, 1.54) is 0 Å². The number of carbonyl (C=O) groups excluding carboxylic acids is 2. The molecule has 1 aromatic carbocycles. The minimum atomic E-state index is -0.255. The molecule has 5 rings (SSSR count). The number of aromatic nitrogens is 2. The molecule has 8 heteroatoms. The van der Waals surface area contributed by atoms with Gasteiger partial charge in [0, 0.05) is 76.6 Å². The van der Waals surface area contributed by atoms with E-state index in [9.17, 15) is 9.59 Å². The maximum atomic E-state index is 12.4. The van der Waals surface area contributed by atoms with Gasteiger partial charge >= 0.3 is 6.09 Å². The highest BCUT2D eigenvalue weighted by molar-refractivity contribution is 5.82. The maximum absolute atomic E-state index is 12.4. The van der Waals surface area contributed by atoms with Crippen molar-refractivity contribution >= 4 is 17.7 Å². The Hall–Kier alpha value is -3.78. The van der Waals surface area contributed by atoms with E-state index in [1.807, 2.05) is 54.7 Å². The summed E-state index contributed by atoms with van der Waals surface area (Å²) in [5.74, 6) is 1.21. The predicted octanol–water partition coefficient (Wildman–Crippen LogP) is 3.77. The highest BCUT2D eigenvalue weighted by atomic mass is 16.6. The normalized spacial score (nSPS) is 16.7. The molecule has 186 valence electrons. The van der Waals surface area contributed by atoms with Gasteiger partial charge in [0.25, 0.3) is 0 Å². The smallest absolute Gasteiger partial charge is 0.410 e. The molecule has 2 aromatic heterocycles. The molecule has 2 fully saturated rings. The molecule has 0 N–H and O–H groups in total. The Balaban J connectivity index is 1.14. The molecule has 2 aliphatic heterocycles. The molecular weight excluding hydrogens is 454 g/mol. The van der Waals surface area contributed by atoms with Gasteiger partial charge in [-0.1, -0.05) is 36.4 Å². The first-order valence-corrected chi connectivity index (χ1v) is 12.5. The van der Waals surface area contributed by atoms with Crippen LogP contribution in [0.5, 0.6) is 0 Å². The molecule has 0 unspecified atom stereocenters. The average molecular weight is 486 g/mol. The molecule has 0 saturated carbocycles. The van der Waals surface area contributed by atoms with Crippen molar-refractivity contribution < 1.29 is 14.3 Å². The quantitative estimate of drug-likeness (QED) is 0.526. The Morgan fingerprint density at radius 1 is 0.833 bits per heavy atom. The van der Waals surface area contributed by atoms with Crippen LogP contribution in [0.4, 0.5) is 10.6 Å². The SMILES string of the molecule is O=C1CCN(c2ncccc2-c2ccc(CN3CCN(C(=O)OCc4ccccc4)CC3)cn2)CC1. The van der Waals surface area contributed by atoms with Crippen molar-refractivity contribution in [3.63, 3.8) is 0 Å². The average Bonchev–Trinajstić information content (AvgIpc) is 2.94. The van der Waals surface area contributed by atoms with Crippen molar-refractivity contribution in [2.75, 3.05) is 44.2 Å². The van der Waals surface area contributed by atoms with Gasteiger partial charge in [-0.3, -0.25) is 14.7 Å². The Bertz CT molecular complexity index is 1170. The summed E-state index contributed by atoms with van der Waals surface area (Å²) >= 11 is 0. The number of piperidine rings is 1. The van der Waals surface area contributed by atoms with E-state index in [0.29, 0.717) is 51.4 Å². The second-order valence-electron chi connectivity index (χ2n) is 9.26. The number of hydrogen-bond donors (Lipinski definition) is 0. The molecule has 36 heavy (non-hydrogen) atoms. The van der Waals surface area contributed by atoms with Crippen LogP contribution in [0, 0.1) is 0 Å². The van der Waals surface area contributed by atoms with Crippen LogP contribution in [0.3, 0.4) is 0 Å².